The molecule has 0 saturated carbocycles. The summed E-state index contributed by atoms with van der Waals surface area (Å²) in [5.41, 5.74) is 3.03. The van der Waals surface area contributed by atoms with E-state index in [2.05, 4.69) is 58.9 Å². The van der Waals surface area contributed by atoms with Crippen molar-refractivity contribution in [2.45, 2.75) is 130 Å². The van der Waals surface area contributed by atoms with Crippen molar-refractivity contribution in [1.29, 1.82) is 0 Å². The number of aliphatic carboxylic acids is 2. The van der Waals surface area contributed by atoms with Crippen LogP contribution in [-0.4, -0.2) is 70.1 Å². The molecule has 0 radical (unpaired) electrons. The van der Waals surface area contributed by atoms with Gasteiger partial charge in [0, 0.05) is 0 Å². The van der Waals surface area contributed by atoms with Gasteiger partial charge in [0.25, 0.3) is 0 Å². The minimum Gasteiger partial charge on any atom is -0.547 e. The number of aryl methyl sites for hydroxylation is 2. The van der Waals surface area contributed by atoms with Crippen LogP contribution in [0.15, 0.2) is 24.3 Å². The molecule has 0 spiro atoms. The molecular weight excluding hydrogens is 506 g/mol. The van der Waals surface area contributed by atoms with Gasteiger partial charge in [0.1, 0.15) is 6.10 Å². The number of rotatable bonds is 22. The zero-order valence-corrected chi connectivity index (χ0v) is 26.1. The predicted octanol–water partition coefficient (Wildman–Crippen LogP) is 5.14. The molecule has 0 bridgehead atoms. The van der Waals surface area contributed by atoms with Gasteiger partial charge < -0.3 is 29.7 Å². The summed E-state index contributed by atoms with van der Waals surface area (Å²) in [4.78, 5) is 19.4. The normalized spacial score (nSPS) is 14.9. The van der Waals surface area contributed by atoms with Crippen LogP contribution in [0.3, 0.4) is 0 Å². The minimum absolute atomic E-state index is 0.895. The standard InChI is InChI=1S/C29H54N.C4H6O6/c1-6-10-12-14-23-30(22-8-3,25-21-27(5)17-11-7-2)24-15-13-18-29-20-16-19-28(9-4)26-29;5-1(3(7)8)2(6)4(9)10/h16,19-20,26-27H,6-15,17-18,21-25H2,1-5H3;1-2,5-6H,(H,7,8)(H,9,10)/q+1;/p-1. The molecule has 0 heterocycles. The van der Waals surface area contributed by atoms with Gasteiger partial charge in [0.15, 0.2) is 6.10 Å². The molecule has 3 N–H and O–H groups in total. The second kappa shape index (κ2) is 22.7. The van der Waals surface area contributed by atoms with Gasteiger partial charge >= 0.3 is 5.97 Å². The Balaban J connectivity index is 0.00000129. The van der Waals surface area contributed by atoms with Crippen molar-refractivity contribution in [3.05, 3.63) is 35.4 Å². The molecule has 1 aromatic carbocycles. The van der Waals surface area contributed by atoms with E-state index in [1.807, 2.05) is 0 Å². The van der Waals surface area contributed by atoms with Crippen LogP contribution in [0.2, 0.25) is 0 Å². The van der Waals surface area contributed by atoms with E-state index in [0.29, 0.717) is 0 Å². The summed E-state index contributed by atoms with van der Waals surface area (Å²) in [5.74, 6) is -2.93. The van der Waals surface area contributed by atoms with Crippen LogP contribution < -0.4 is 5.11 Å². The number of hydrogen-bond acceptors (Lipinski definition) is 5. The van der Waals surface area contributed by atoms with Crippen molar-refractivity contribution in [1.82, 2.24) is 0 Å². The van der Waals surface area contributed by atoms with E-state index in [1.54, 1.807) is 5.56 Å². The Labute approximate surface area is 244 Å². The van der Waals surface area contributed by atoms with Crippen molar-refractivity contribution in [3.63, 3.8) is 0 Å². The molecule has 0 aliphatic rings. The highest BCUT2D eigenvalue weighted by Gasteiger charge is 2.26. The smallest absolute Gasteiger partial charge is 0.335 e. The van der Waals surface area contributed by atoms with Gasteiger partial charge in [-0.25, -0.2) is 4.79 Å². The Hall–Kier alpha value is -1.96. The summed E-state index contributed by atoms with van der Waals surface area (Å²) < 4.78 is 1.39. The molecule has 0 aliphatic carbocycles. The maximum Gasteiger partial charge on any atom is 0.335 e. The van der Waals surface area contributed by atoms with Crippen LogP contribution >= 0.6 is 0 Å². The molecule has 7 heteroatoms. The number of hydrogen-bond donors (Lipinski definition) is 3. The molecular formula is C33H59NO6. The highest BCUT2D eigenvalue weighted by Crippen LogP contribution is 2.21. The molecule has 0 saturated heterocycles. The van der Waals surface area contributed by atoms with Crippen LogP contribution in [0, 0.1) is 5.92 Å². The van der Waals surface area contributed by atoms with Gasteiger partial charge in [-0.2, -0.15) is 0 Å². The van der Waals surface area contributed by atoms with Crippen LogP contribution in [0.1, 0.15) is 116 Å². The zero-order valence-electron chi connectivity index (χ0n) is 26.1. The third kappa shape index (κ3) is 17.0. The maximum atomic E-state index is 9.74. The Kier molecular flexibility index (Phi) is 21.6. The third-order valence-electron chi connectivity index (χ3n) is 7.87. The largest absolute Gasteiger partial charge is 0.547 e. The molecule has 7 nitrogen and oxygen atoms in total. The lowest BCUT2D eigenvalue weighted by molar-refractivity contribution is -0.929. The van der Waals surface area contributed by atoms with E-state index < -0.39 is 24.1 Å². The summed E-state index contributed by atoms with van der Waals surface area (Å²) in [5, 5.41) is 34.1. The Bertz CT molecular complexity index is 783. The average Bonchev–Trinajstić information content (AvgIpc) is 2.95. The van der Waals surface area contributed by atoms with E-state index in [-0.39, 0.29) is 0 Å². The monoisotopic (exact) mass is 565 g/mol. The summed E-state index contributed by atoms with van der Waals surface area (Å²) in [7, 11) is 0. The van der Waals surface area contributed by atoms with Crippen molar-refractivity contribution in [2.24, 2.45) is 5.92 Å². The Morgan fingerprint density at radius 3 is 1.93 bits per heavy atom. The summed E-state index contributed by atoms with van der Waals surface area (Å²) >= 11 is 0. The number of carboxylic acid groups (broad SMARTS) is 2. The highest BCUT2D eigenvalue weighted by molar-refractivity contribution is 5.82. The molecule has 232 valence electrons. The van der Waals surface area contributed by atoms with Crippen LogP contribution in [0.25, 0.3) is 0 Å². The quantitative estimate of drug-likeness (QED) is 0.132. The topological polar surface area (TPSA) is 118 Å². The molecule has 0 amide bonds. The number of aliphatic hydroxyl groups is 2. The molecule has 1 aromatic rings. The van der Waals surface area contributed by atoms with Gasteiger partial charge in [0.05, 0.1) is 32.1 Å². The fraction of sp³-hybridized carbons (Fsp3) is 0.758. The Morgan fingerprint density at radius 2 is 1.40 bits per heavy atom. The first kappa shape index (κ1) is 38.0. The lowest BCUT2D eigenvalue weighted by Crippen LogP contribution is -2.51. The first-order valence-corrected chi connectivity index (χ1v) is 15.8. The van der Waals surface area contributed by atoms with Gasteiger partial charge in [-0.3, -0.25) is 0 Å². The predicted molar refractivity (Wildman–Crippen MR) is 161 cm³/mol. The molecule has 0 aromatic heterocycles. The maximum absolute atomic E-state index is 9.74. The summed E-state index contributed by atoms with van der Waals surface area (Å²) in [6.07, 6.45) is 13.0. The van der Waals surface area contributed by atoms with Crippen molar-refractivity contribution < 1.29 is 34.5 Å². The molecule has 4 atom stereocenters. The number of benzene rings is 1. The molecule has 40 heavy (non-hydrogen) atoms. The summed E-state index contributed by atoms with van der Waals surface area (Å²) in [6, 6.07) is 9.27. The van der Waals surface area contributed by atoms with Crippen LogP contribution in [-0.2, 0) is 22.4 Å². The number of carbonyl (C=O) groups excluding carboxylic acids is 1. The number of unbranched alkanes of at least 4 members (excludes halogenated alkanes) is 5. The minimum atomic E-state index is -2.38. The SMILES string of the molecule is CCCCCC[N+](CCC)(CCCCc1cccc(CC)c1)CCC(C)CCCC.O=C([O-])C(O)C(O)C(=O)O. The molecule has 0 fully saturated rings. The van der Waals surface area contributed by atoms with Gasteiger partial charge in [-0.1, -0.05) is 91.0 Å². The molecule has 4 unspecified atom stereocenters. The first-order valence-electron chi connectivity index (χ1n) is 15.8. The fourth-order valence-corrected chi connectivity index (χ4v) is 5.26. The van der Waals surface area contributed by atoms with Gasteiger partial charge in [-0.15, -0.1) is 0 Å². The lowest BCUT2D eigenvalue weighted by Gasteiger charge is -2.40. The molecule has 1 rings (SSSR count). The third-order valence-corrected chi connectivity index (χ3v) is 7.87. The first-order chi connectivity index (χ1) is 19.1. The van der Waals surface area contributed by atoms with E-state index in [0.717, 1.165) is 12.3 Å². The van der Waals surface area contributed by atoms with Crippen molar-refractivity contribution in [3.8, 4) is 0 Å². The number of aliphatic hydroxyl groups excluding tert-OH is 2. The second-order valence-corrected chi connectivity index (χ2v) is 11.5. The number of carboxylic acids is 2. The van der Waals surface area contributed by atoms with Crippen LogP contribution in [0.4, 0.5) is 0 Å². The number of quaternary nitrogens is 1. The number of carbonyl (C=O) groups is 2. The second-order valence-electron chi connectivity index (χ2n) is 11.5. The van der Waals surface area contributed by atoms with Crippen molar-refractivity contribution in [2.75, 3.05) is 26.2 Å². The molecule has 0 aliphatic heterocycles. The average molecular weight is 566 g/mol. The van der Waals surface area contributed by atoms with Crippen LogP contribution in [0.5, 0.6) is 0 Å². The van der Waals surface area contributed by atoms with Gasteiger partial charge in [-0.05, 0) is 68.4 Å². The lowest BCUT2D eigenvalue weighted by atomic mass is 9.99. The van der Waals surface area contributed by atoms with Gasteiger partial charge in [0.2, 0.25) is 0 Å². The fourth-order valence-electron chi connectivity index (χ4n) is 5.26. The van der Waals surface area contributed by atoms with Crippen molar-refractivity contribution >= 4 is 11.9 Å². The Morgan fingerprint density at radius 1 is 0.775 bits per heavy atom. The summed E-state index contributed by atoms with van der Waals surface area (Å²) in [6.45, 7) is 17.4. The van der Waals surface area contributed by atoms with E-state index in [1.165, 1.54) is 113 Å². The van der Waals surface area contributed by atoms with E-state index in [4.69, 9.17) is 15.3 Å². The highest BCUT2D eigenvalue weighted by atomic mass is 16.4. The zero-order chi connectivity index (χ0) is 30.4. The number of nitrogens with zero attached hydrogens (tertiary/aromatic N) is 1. The van der Waals surface area contributed by atoms with E-state index >= 15 is 0 Å². The van der Waals surface area contributed by atoms with E-state index in [9.17, 15) is 14.7 Å².